The van der Waals surface area contributed by atoms with Crippen molar-refractivity contribution in [3.8, 4) is 5.75 Å². The Morgan fingerprint density at radius 3 is 2.71 bits per heavy atom. The lowest BCUT2D eigenvalue weighted by molar-refractivity contribution is -0.116. The fourth-order valence-corrected chi connectivity index (χ4v) is 2.89. The monoisotopic (exact) mass is 382 g/mol. The standard InChI is InChI=1S/C20H22N4O4/c1-13-6-4-7-15(10-13)28-9-5-8-17(25)22-14-11-16-18(21-12-14)23(2)20(27)24(3)19(16)26/h4,6-7,10-12H,5,8-9H2,1-3H3,(H,22,25). The van der Waals surface area contributed by atoms with Gasteiger partial charge in [0.2, 0.25) is 5.91 Å². The molecule has 0 fully saturated rings. The van der Waals surface area contributed by atoms with Crippen LogP contribution in [0.15, 0.2) is 46.1 Å². The van der Waals surface area contributed by atoms with Gasteiger partial charge in [-0.2, -0.15) is 0 Å². The lowest BCUT2D eigenvalue weighted by atomic mass is 10.2. The zero-order chi connectivity index (χ0) is 20.3. The van der Waals surface area contributed by atoms with Crippen molar-refractivity contribution in [2.75, 3.05) is 11.9 Å². The zero-order valence-electron chi connectivity index (χ0n) is 16.1. The number of hydrogen-bond acceptors (Lipinski definition) is 5. The molecule has 3 aromatic rings. The van der Waals surface area contributed by atoms with Gasteiger partial charge in [0.1, 0.15) is 11.4 Å². The second kappa shape index (κ2) is 8.08. The molecule has 2 heterocycles. The van der Waals surface area contributed by atoms with Crippen LogP contribution in [0.5, 0.6) is 5.75 Å². The molecule has 1 aromatic carbocycles. The molecule has 2 aromatic heterocycles. The van der Waals surface area contributed by atoms with Gasteiger partial charge in [-0.25, -0.2) is 9.78 Å². The zero-order valence-corrected chi connectivity index (χ0v) is 16.1. The van der Waals surface area contributed by atoms with E-state index in [0.29, 0.717) is 18.7 Å². The number of nitrogens with one attached hydrogen (secondary N) is 1. The number of hydrogen-bond donors (Lipinski definition) is 1. The summed E-state index contributed by atoms with van der Waals surface area (Å²) in [6, 6.07) is 9.26. The largest absolute Gasteiger partial charge is 0.494 e. The van der Waals surface area contributed by atoms with E-state index in [-0.39, 0.29) is 23.4 Å². The van der Waals surface area contributed by atoms with Crippen LogP contribution in [0.2, 0.25) is 0 Å². The van der Waals surface area contributed by atoms with E-state index in [0.717, 1.165) is 15.9 Å². The molecule has 0 spiro atoms. The third-order valence-electron chi connectivity index (χ3n) is 4.38. The molecule has 0 saturated heterocycles. The quantitative estimate of drug-likeness (QED) is 0.655. The van der Waals surface area contributed by atoms with Gasteiger partial charge in [0.15, 0.2) is 0 Å². The summed E-state index contributed by atoms with van der Waals surface area (Å²) in [5.41, 5.74) is 0.900. The van der Waals surface area contributed by atoms with Crippen molar-refractivity contribution in [1.82, 2.24) is 14.1 Å². The molecular formula is C20H22N4O4. The van der Waals surface area contributed by atoms with Crippen LogP contribution in [0.3, 0.4) is 0 Å². The van der Waals surface area contributed by atoms with E-state index in [9.17, 15) is 14.4 Å². The van der Waals surface area contributed by atoms with Crippen LogP contribution in [0.4, 0.5) is 5.69 Å². The summed E-state index contributed by atoms with van der Waals surface area (Å²) in [6.07, 6.45) is 2.26. The number of rotatable bonds is 6. The summed E-state index contributed by atoms with van der Waals surface area (Å²) in [6.45, 7) is 2.42. The minimum absolute atomic E-state index is 0.198. The molecule has 1 N–H and O–H groups in total. The van der Waals surface area contributed by atoms with Crippen LogP contribution in [0.25, 0.3) is 11.0 Å². The van der Waals surface area contributed by atoms with Crippen LogP contribution < -0.4 is 21.3 Å². The summed E-state index contributed by atoms with van der Waals surface area (Å²) in [5, 5.41) is 3.00. The average Bonchev–Trinajstić information content (AvgIpc) is 2.68. The molecule has 8 heteroatoms. The van der Waals surface area contributed by atoms with E-state index < -0.39 is 11.2 Å². The Labute approximate surface area is 161 Å². The number of anilines is 1. The molecule has 28 heavy (non-hydrogen) atoms. The summed E-state index contributed by atoms with van der Waals surface area (Å²) >= 11 is 0. The summed E-state index contributed by atoms with van der Waals surface area (Å²) < 4.78 is 7.94. The molecule has 0 aliphatic carbocycles. The predicted octanol–water partition coefficient (Wildman–Crippen LogP) is 1.74. The SMILES string of the molecule is Cc1cccc(OCCCC(=O)Nc2cnc3c(c2)c(=O)n(C)c(=O)n3C)c1. The number of ether oxygens (including phenoxy) is 1. The normalized spacial score (nSPS) is 10.8. The third kappa shape index (κ3) is 4.11. The van der Waals surface area contributed by atoms with Crippen molar-refractivity contribution in [2.45, 2.75) is 19.8 Å². The van der Waals surface area contributed by atoms with Crippen LogP contribution in [-0.4, -0.2) is 26.6 Å². The summed E-state index contributed by atoms with van der Waals surface area (Å²) in [7, 11) is 2.95. The van der Waals surface area contributed by atoms with Gasteiger partial charge in [-0.15, -0.1) is 0 Å². The van der Waals surface area contributed by atoms with Gasteiger partial charge in [-0.05, 0) is 37.1 Å². The number of aryl methyl sites for hydroxylation is 2. The summed E-state index contributed by atoms with van der Waals surface area (Å²) in [4.78, 5) is 40.5. The molecule has 8 nitrogen and oxygen atoms in total. The van der Waals surface area contributed by atoms with Crippen LogP contribution in [-0.2, 0) is 18.9 Å². The highest BCUT2D eigenvalue weighted by molar-refractivity contribution is 5.92. The Bertz CT molecular complexity index is 1150. The molecule has 0 atom stereocenters. The van der Waals surface area contributed by atoms with Crippen molar-refractivity contribution < 1.29 is 9.53 Å². The third-order valence-corrected chi connectivity index (χ3v) is 4.38. The number of carbonyl (C=O) groups is 1. The number of amides is 1. The van der Waals surface area contributed by atoms with E-state index in [1.54, 1.807) is 7.05 Å². The van der Waals surface area contributed by atoms with Crippen molar-refractivity contribution in [3.05, 3.63) is 62.9 Å². The van der Waals surface area contributed by atoms with E-state index in [2.05, 4.69) is 10.3 Å². The first-order valence-corrected chi connectivity index (χ1v) is 8.92. The second-order valence-electron chi connectivity index (χ2n) is 6.62. The Morgan fingerprint density at radius 1 is 1.18 bits per heavy atom. The maximum atomic E-state index is 12.3. The lowest BCUT2D eigenvalue weighted by Gasteiger charge is -2.09. The van der Waals surface area contributed by atoms with Crippen molar-refractivity contribution in [3.63, 3.8) is 0 Å². The fourth-order valence-electron chi connectivity index (χ4n) is 2.89. The first kappa shape index (κ1) is 19.3. The van der Waals surface area contributed by atoms with Crippen LogP contribution in [0, 0.1) is 6.92 Å². The number of pyridine rings is 1. The van der Waals surface area contributed by atoms with Gasteiger partial charge in [0, 0.05) is 20.5 Å². The molecule has 0 saturated carbocycles. The highest BCUT2D eigenvalue weighted by Gasteiger charge is 2.11. The molecule has 0 radical (unpaired) electrons. The smallest absolute Gasteiger partial charge is 0.332 e. The number of carbonyl (C=O) groups excluding carboxylic acids is 1. The first-order valence-electron chi connectivity index (χ1n) is 8.92. The van der Waals surface area contributed by atoms with Crippen molar-refractivity contribution in [2.24, 2.45) is 14.1 Å². The Balaban J connectivity index is 1.62. The first-order chi connectivity index (χ1) is 13.4. The van der Waals surface area contributed by atoms with Gasteiger partial charge in [-0.1, -0.05) is 12.1 Å². The average molecular weight is 382 g/mol. The van der Waals surface area contributed by atoms with E-state index in [4.69, 9.17) is 4.74 Å². The fraction of sp³-hybridized carbons (Fsp3) is 0.300. The number of benzene rings is 1. The molecule has 1 amide bonds. The molecule has 0 aliphatic rings. The van der Waals surface area contributed by atoms with Gasteiger partial charge in [0.05, 0.1) is 23.9 Å². The summed E-state index contributed by atoms with van der Waals surface area (Å²) in [5.74, 6) is 0.580. The molecule has 3 rings (SSSR count). The predicted molar refractivity (Wildman–Crippen MR) is 107 cm³/mol. The molecule has 0 aliphatic heterocycles. The van der Waals surface area contributed by atoms with Gasteiger partial charge in [0.25, 0.3) is 5.56 Å². The molecule has 0 bridgehead atoms. The molecular weight excluding hydrogens is 360 g/mol. The van der Waals surface area contributed by atoms with Gasteiger partial charge >= 0.3 is 5.69 Å². The van der Waals surface area contributed by atoms with E-state index >= 15 is 0 Å². The number of nitrogens with zero attached hydrogens (tertiary/aromatic N) is 3. The van der Waals surface area contributed by atoms with Gasteiger partial charge < -0.3 is 10.1 Å². The minimum atomic E-state index is -0.451. The highest BCUT2D eigenvalue weighted by Crippen LogP contribution is 2.14. The minimum Gasteiger partial charge on any atom is -0.494 e. The van der Waals surface area contributed by atoms with Crippen molar-refractivity contribution >= 4 is 22.6 Å². The topological polar surface area (TPSA) is 95.2 Å². The van der Waals surface area contributed by atoms with Crippen LogP contribution in [0.1, 0.15) is 18.4 Å². The number of fused-ring (bicyclic) bond motifs is 1. The van der Waals surface area contributed by atoms with E-state index in [1.165, 1.54) is 23.9 Å². The Hall–Kier alpha value is -3.42. The van der Waals surface area contributed by atoms with Crippen molar-refractivity contribution in [1.29, 1.82) is 0 Å². The van der Waals surface area contributed by atoms with Crippen LogP contribution >= 0.6 is 0 Å². The maximum Gasteiger partial charge on any atom is 0.332 e. The maximum absolute atomic E-state index is 12.3. The second-order valence-corrected chi connectivity index (χ2v) is 6.62. The Kier molecular flexibility index (Phi) is 5.58. The molecule has 0 unspecified atom stereocenters. The highest BCUT2D eigenvalue weighted by atomic mass is 16.5. The van der Waals surface area contributed by atoms with E-state index in [1.807, 2.05) is 31.2 Å². The number of aromatic nitrogens is 3. The lowest BCUT2D eigenvalue weighted by Crippen LogP contribution is -2.37. The Morgan fingerprint density at radius 2 is 1.96 bits per heavy atom. The molecule has 146 valence electrons. The van der Waals surface area contributed by atoms with Gasteiger partial charge in [-0.3, -0.25) is 18.7 Å².